The Bertz CT molecular complexity index is 1290. The standard InChI is InChI=1S/C22H19ClF6N4O2S2/c1-12-8-17(22(27,28)29)31-33(12)10-19(34)32(2)7-3-4-18-30-15(11-36-18)20(35)37-16-9-13(21(24,25)26)5-6-14(16)23/h5-6,8-9,11H,3-4,7,10H2,1-2H3. The Hall–Kier alpha value is -2.58. The smallest absolute Gasteiger partial charge is 0.344 e. The SMILES string of the molecule is Cc1cc(C(F)(F)F)nn1CC(=O)N(C)CCCc1nc(C(=O)Sc2cc(C(F)(F)F)ccc2Cl)cs1. The fourth-order valence-electron chi connectivity index (χ4n) is 3.08. The zero-order valence-electron chi connectivity index (χ0n) is 19.3. The number of carbonyl (C=O) groups is 2. The number of thioether (sulfide) groups is 1. The van der Waals surface area contributed by atoms with Crippen LogP contribution in [0.2, 0.25) is 5.02 Å². The molecule has 0 unspecified atom stereocenters. The quantitative estimate of drug-likeness (QED) is 0.228. The zero-order chi connectivity index (χ0) is 27.5. The van der Waals surface area contributed by atoms with Gasteiger partial charge in [-0.05, 0) is 49.4 Å². The Balaban J connectivity index is 1.52. The average molecular weight is 585 g/mol. The van der Waals surface area contributed by atoms with Crippen LogP contribution in [0.1, 0.15) is 38.9 Å². The van der Waals surface area contributed by atoms with Crippen molar-refractivity contribution in [1.82, 2.24) is 19.7 Å². The maximum atomic E-state index is 12.9. The Kier molecular flexibility index (Phi) is 8.96. The molecule has 0 aliphatic carbocycles. The lowest BCUT2D eigenvalue weighted by atomic mass is 10.2. The van der Waals surface area contributed by atoms with Crippen LogP contribution in [0, 0.1) is 6.92 Å². The van der Waals surface area contributed by atoms with Gasteiger partial charge in [0.05, 0.1) is 15.6 Å². The summed E-state index contributed by atoms with van der Waals surface area (Å²) in [4.78, 5) is 30.4. The number of aromatic nitrogens is 3. The summed E-state index contributed by atoms with van der Waals surface area (Å²) in [7, 11) is 1.51. The average Bonchev–Trinajstić information content (AvgIpc) is 3.41. The van der Waals surface area contributed by atoms with Gasteiger partial charge in [-0.15, -0.1) is 11.3 Å². The molecule has 1 aromatic carbocycles. The highest BCUT2D eigenvalue weighted by molar-refractivity contribution is 8.14. The predicted molar refractivity (Wildman–Crippen MR) is 127 cm³/mol. The summed E-state index contributed by atoms with van der Waals surface area (Å²) in [5.74, 6) is -0.427. The van der Waals surface area contributed by atoms with Crippen LogP contribution >= 0.6 is 34.7 Å². The number of rotatable bonds is 8. The first-order valence-corrected chi connectivity index (χ1v) is 12.6. The topological polar surface area (TPSA) is 68.1 Å². The molecule has 2 heterocycles. The summed E-state index contributed by atoms with van der Waals surface area (Å²) in [6, 6.07) is 3.58. The van der Waals surface area contributed by atoms with E-state index in [2.05, 4.69) is 10.1 Å². The number of carbonyl (C=O) groups excluding carboxylic acids is 2. The first-order chi connectivity index (χ1) is 17.1. The summed E-state index contributed by atoms with van der Waals surface area (Å²) >= 11 is 7.68. The molecule has 0 saturated heterocycles. The molecule has 0 spiro atoms. The molecule has 0 atom stereocenters. The van der Waals surface area contributed by atoms with Gasteiger partial charge in [0.1, 0.15) is 12.2 Å². The molecule has 0 fully saturated rings. The van der Waals surface area contributed by atoms with Gasteiger partial charge >= 0.3 is 12.4 Å². The summed E-state index contributed by atoms with van der Waals surface area (Å²) < 4.78 is 78.2. The molecule has 15 heteroatoms. The van der Waals surface area contributed by atoms with E-state index in [1.54, 1.807) is 0 Å². The van der Waals surface area contributed by atoms with E-state index in [0.717, 1.165) is 28.9 Å². The number of aryl methyl sites for hydroxylation is 2. The second-order valence-electron chi connectivity index (χ2n) is 7.90. The third-order valence-electron chi connectivity index (χ3n) is 5.09. The van der Waals surface area contributed by atoms with Gasteiger partial charge in [-0.2, -0.15) is 31.4 Å². The van der Waals surface area contributed by atoms with Crippen LogP contribution in [-0.4, -0.2) is 44.3 Å². The van der Waals surface area contributed by atoms with Crippen LogP contribution in [0.15, 0.2) is 34.5 Å². The van der Waals surface area contributed by atoms with Crippen molar-refractivity contribution in [2.45, 2.75) is 43.6 Å². The molecule has 0 radical (unpaired) electrons. The second-order valence-corrected chi connectivity index (χ2v) is 10.3. The van der Waals surface area contributed by atoms with Crippen molar-refractivity contribution in [2.75, 3.05) is 13.6 Å². The van der Waals surface area contributed by atoms with Gasteiger partial charge in [-0.25, -0.2) is 4.98 Å². The number of thiazole rings is 1. The third kappa shape index (κ3) is 7.71. The van der Waals surface area contributed by atoms with Crippen molar-refractivity contribution in [3.63, 3.8) is 0 Å². The van der Waals surface area contributed by atoms with Gasteiger partial charge in [-0.1, -0.05) is 11.6 Å². The Morgan fingerprint density at radius 3 is 2.46 bits per heavy atom. The molecule has 3 aromatic rings. The van der Waals surface area contributed by atoms with E-state index in [0.29, 0.717) is 29.6 Å². The van der Waals surface area contributed by atoms with Gasteiger partial charge < -0.3 is 4.90 Å². The van der Waals surface area contributed by atoms with E-state index >= 15 is 0 Å². The molecule has 200 valence electrons. The maximum Gasteiger partial charge on any atom is 0.435 e. The van der Waals surface area contributed by atoms with Gasteiger partial charge in [0.25, 0.3) is 0 Å². The highest BCUT2D eigenvalue weighted by Gasteiger charge is 2.34. The molecule has 1 amide bonds. The van der Waals surface area contributed by atoms with Crippen molar-refractivity contribution >= 4 is 45.7 Å². The summed E-state index contributed by atoms with van der Waals surface area (Å²) in [5.41, 5.74) is -1.72. The lowest BCUT2D eigenvalue weighted by molar-refractivity contribution is -0.142. The second kappa shape index (κ2) is 11.4. The van der Waals surface area contributed by atoms with Crippen molar-refractivity contribution in [2.24, 2.45) is 0 Å². The molecular formula is C22H19ClF6N4O2S2. The summed E-state index contributed by atoms with van der Waals surface area (Å²) in [6.45, 7) is 1.36. The number of nitrogens with zero attached hydrogens (tertiary/aromatic N) is 4. The van der Waals surface area contributed by atoms with E-state index in [9.17, 15) is 35.9 Å². The number of hydrogen-bond acceptors (Lipinski definition) is 6. The number of halogens is 7. The molecule has 2 aromatic heterocycles. The minimum atomic E-state index is -4.60. The van der Waals surface area contributed by atoms with Gasteiger partial charge in [0.2, 0.25) is 11.0 Å². The number of likely N-dealkylation sites (N-methyl/N-ethyl adjacent to an activating group) is 1. The first kappa shape index (κ1) is 29.0. The minimum absolute atomic E-state index is 0.00874. The molecule has 0 saturated carbocycles. The van der Waals surface area contributed by atoms with Gasteiger partial charge in [0, 0.05) is 36.0 Å². The molecule has 0 N–H and O–H groups in total. The van der Waals surface area contributed by atoms with E-state index in [-0.39, 0.29) is 34.4 Å². The number of hydrogen-bond donors (Lipinski definition) is 0. The normalized spacial score (nSPS) is 12.1. The Labute approximate surface area is 220 Å². The lowest BCUT2D eigenvalue weighted by Crippen LogP contribution is -2.32. The van der Waals surface area contributed by atoms with Crippen molar-refractivity contribution < 1.29 is 35.9 Å². The lowest BCUT2D eigenvalue weighted by Gasteiger charge is -2.17. The Morgan fingerprint density at radius 1 is 1.14 bits per heavy atom. The molecule has 37 heavy (non-hydrogen) atoms. The number of amides is 1. The van der Waals surface area contributed by atoms with Gasteiger partial charge in [-0.3, -0.25) is 14.3 Å². The van der Waals surface area contributed by atoms with E-state index in [1.165, 1.54) is 35.6 Å². The Morgan fingerprint density at radius 2 is 1.84 bits per heavy atom. The van der Waals surface area contributed by atoms with Crippen molar-refractivity contribution in [1.29, 1.82) is 0 Å². The van der Waals surface area contributed by atoms with Crippen LogP contribution in [0.4, 0.5) is 26.3 Å². The highest BCUT2D eigenvalue weighted by atomic mass is 35.5. The molecule has 0 aliphatic heterocycles. The van der Waals surface area contributed by atoms with Crippen LogP contribution in [-0.2, 0) is 30.1 Å². The minimum Gasteiger partial charge on any atom is -0.344 e. The number of benzene rings is 1. The molecule has 0 aliphatic rings. The summed E-state index contributed by atoms with van der Waals surface area (Å²) in [6.07, 6.45) is -8.31. The van der Waals surface area contributed by atoms with E-state index < -0.39 is 34.6 Å². The molecule has 6 nitrogen and oxygen atoms in total. The van der Waals surface area contributed by atoms with Crippen LogP contribution in [0.25, 0.3) is 0 Å². The van der Waals surface area contributed by atoms with Crippen molar-refractivity contribution in [3.8, 4) is 0 Å². The fraction of sp³-hybridized carbons (Fsp3) is 0.364. The van der Waals surface area contributed by atoms with Gasteiger partial charge in [0.15, 0.2) is 5.69 Å². The van der Waals surface area contributed by atoms with Crippen LogP contribution in [0.5, 0.6) is 0 Å². The summed E-state index contributed by atoms with van der Waals surface area (Å²) in [5, 5.41) is 4.95. The molecule has 3 rings (SSSR count). The largest absolute Gasteiger partial charge is 0.435 e. The van der Waals surface area contributed by atoms with Crippen LogP contribution in [0.3, 0.4) is 0 Å². The molecule has 0 bridgehead atoms. The fourth-order valence-corrected chi connectivity index (χ4v) is 4.97. The van der Waals surface area contributed by atoms with Crippen molar-refractivity contribution in [3.05, 3.63) is 62.3 Å². The number of alkyl halides is 6. The monoisotopic (exact) mass is 584 g/mol. The third-order valence-corrected chi connectivity index (χ3v) is 7.39. The molecular weight excluding hydrogens is 566 g/mol. The first-order valence-electron chi connectivity index (χ1n) is 10.5. The van der Waals surface area contributed by atoms with E-state index in [1.807, 2.05) is 0 Å². The van der Waals surface area contributed by atoms with Crippen LogP contribution < -0.4 is 0 Å². The highest BCUT2D eigenvalue weighted by Crippen LogP contribution is 2.36. The zero-order valence-corrected chi connectivity index (χ0v) is 21.7. The van der Waals surface area contributed by atoms with E-state index in [4.69, 9.17) is 11.6 Å². The maximum absolute atomic E-state index is 12.9. The predicted octanol–water partition coefficient (Wildman–Crippen LogP) is 6.36.